The van der Waals surface area contributed by atoms with Gasteiger partial charge in [-0.25, -0.2) is 0 Å². The lowest BCUT2D eigenvalue weighted by molar-refractivity contribution is -0.0676. The van der Waals surface area contributed by atoms with Crippen molar-refractivity contribution >= 4 is 9.24 Å². The van der Waals surface area contributed by atoms with Gasteiger partial charge in [-0.3, -0.25) is 4.90 Å². The molecule has 4 heteroatoms. The summed E-state index contributed by atoms with van der Waals surface area (Å²) in [5, 5.41) is 3.29. The fraction of sp³-hybridized carbons (Fsp3) is 0.280. The second-order valence-electron chi connectivity index (χ2n) is 7.57. The van der Waals surface area contributed by atoms with E-state index >= 15 is 0 Å². The lowest BCUT2D eigenvalue weighted by Gasteiger charge is -2.50. The van der Waals surface area contributed by atoms with E-state index in [1.54, 1.807) is 0 Å². The van der Waals surface area contributed by atoms with E-state index in [1.165, 1.54) is 16.7 Å². The summed E-state index contributed by atoms with van der Waals surface area (Å²) in [4.78, 5) is 2.59. The van der Waals surface area contributed by atoms with Crippen LogP contribution in [-0.4, -0.2) is 43.5 Å². The highest BCUT2D eigenvalue weighted by molar-refractivity contribution is 7.17. The normalized spacial score (nSPS) is 20.5. The Morgan fingerprint density at radius 2 is 1.28 bits per heavy atom. The lowest BCUT2D eigenvalue weighted by Crippen LogP contribution is -2.58. The fourth-order valence-electron chi connectivity index (χ4n) is 4.57. The monoisotopic (exact) mass is 404 g/mol. The maximum atomic E-state index is 6.22. The van der Waals surface area contributed by atoms with Crippen LogP contribution in [0.3, 0.4) is 0 Å². The summed E-state index contributed by atoms with van der Waals surface area (Å²) >= 11 is 0. The molecule has 4 rings (SSSR count). The third-order valence-corrected chi connectivity index (χ3v) is 6.04. The average molecular weight is 404 g/mol. The van der Waals surface area contributed by atoms with E-state index in [0.29, 0.717) is 0 Å². The van der Waals surface area contributed by atoms with E-state index in [1.807, 2.05) is 7.05 Å². The van der Waals surface area contributed by atoms with Gasteiger partial charge in [-0.05, 0) is 23.7 Å². The molecule has 0 spiro atoms. The first-order valence-corrected chi connectivity index (χ1v) is 10.9. The molecule has 0 amide bonds. The van der Waals surface area contributed by atoms with Crippen molar-refractivity contribution < 1.29 is 4.74 Å². The second-order valence-corrected chi connectivity index (χ2v) is 8.31. The van der Waals surface area contributed by atoms with Crippen LogP contribution in [0.5, 0.6) is 0 Å². The third-order valence-electron chi connectivity index (χ3n) is 5.67. The Kier molecular flexibility index (Phi) is 6.42. The van der Waals surface area contributed by atoms with Crippen LogP contribution in [0, 0.1) is 0 Å². The zero-order valence-corrected chi connectivity index (χ0v) is 18.0. The van der Waals surface area contributed by atoms with Crippen LogP contribution in [0.25, 0.3) is 0 Å². The van der Waals surface area contributed by atoms with Gasteiger partial charge in [0.1, 0.15) is 0 Å². The van der Waals surface area contributed by atoms with Crippen molar-refractivity contribution in [2.24, 2.45) is 0 Å². The molecule has 3 atom stereocenters. The van der Waals surface area contributed by atoms with Crippen LogP contribution in [0.15, 0.2) is 91.0 Å². The minimum Gasteiger partial charge on any atom is -0.367 e. The maximum Gasteiger partial charge on any atom is 0.0974 e. The number of rotatable bonds is 6. The SMILES string of the molecule is CNCC1CN(C(c2ccccc2)(c2ccccc2)c2ccccc2)CC(P)O1. The number of ether oxygens (including phenoxy) is 1. The number of morpholine rings is 1. The van der Waals surface area contributed by atoms with Crippen molar-refractivity contribution in [2.75, 3.05) is 26.7 Å². The van der Waals surface area contributed by atoms with Crippen LogP contribution in [0.2, 0.25) is 0 Å². The van der Waals surface area contributed by atoms with Crippen molar-refractivity contribution in [1.82, 2.24) is 10.2 Å². The smallest absolute Gasteiger partial charge is 0.0974 e. The molecule has 3 unspecified atom stereocenters. The lowest BCUT2D eigenvalue weighted by atomic mass is 9.75. The predicted molar refractivity (Wildman–Crippen MR) is 123 cm³/mol. The van der Waals surface area contributed by atoms with Gasteiger partial charge in [0.15, 0.2) is 0 Å². The Labute approximate surface area is 176 Å². The predicted octanol–water partition coefficient (Wildman–Crippen LogP) is 4.10. The Morgan fingerprint density at radius 3 is 1.69 bits per heavy atom. The molecule has 1 aliphatic heterocycles. The number of hydrogen-bond donors (Lipinski definition) is 1. The highest BCUT2D eigenvalue weighted by atomic mass is 31.0. The van der Waals surface area contributed by atoms with Gasteiger partial charge in [0, 0.05) is 19.6 Å². The molecule has 0 radical (unpaired) electrons. The van der Waals surface area contributed by atoms with Gasteiger partial charge in [-0.1, -0.05) is 91.0 Å². The first-order valence-electron chi connectivity index (χ1n) is 10.2. The molecule has 0 saturated carbocycles. The third kappa shape index (κ3) is 4.01. The number of nitrogens with one attached hydrogen (secondary N) is 1. The van der Waals surface area contributed by atoms with Crippen LogP contribution in [-0.2, 0) is 10.3 Å². The fourth-order valence-corrected chi connectivity index (χ4v) is 5.05. The molecule has 29 heavy (non-hydrogen) atoms. The molecule has 1 heterocycles. The zero-order valence-electron chi connectivity index (χ0n) is 16.9. The Hall–Kier alpha value is -2.03. The molecule has 3 aromatic rings. The van der Waals surface area contributed by atoms with E-state index in [0.717, 1.165) is 19.6 Å². The molecule has 1 N–H and O–H groups in total. The Morgan fingerprint density at radius 1 is 0.828 bits per heavy atom. The molecule has 1 saturated heterocycles. The van der Waals surface area contributed by atoms with Gasteiger partial charge in [-0.15, -0.1) is 9.24 Å². The van der Waals surface area contributed by atoms with Crippen LogP contribution >= 0.6 is 9.24 Å². The summed E-state index contributed by atoms with van der Waals surface area (Å²) in [6.07, 6.45) is 0.131. The highest BCUT2D eigenvalue weighted by Crippen LogP contribution is 2.43. The topological polar surface area (TPSA) is 24.5 Å². The summed E-state index contributed by atoms with van der Waals surface area (Å²) < 4.78 is 6.22. The minimum atomic E-state index is -0.381. The number of nitrogens with zero attached hydrogens (tertiary/aromatic N) is 1. The first-order chi connectivity index (χ1) is 14.2. The van der Waals surface area contributed by atoms with Gasteiger partial charge in [0.2, 0.25) is 0 Å². The molecular weight excluding hydrogens is 375 g/mol. The number of likely N-dealkylation sites (N-methyl/N-ethyl adjacent to an activating group) is 1. The number of hydrogen-bond acceptors (Lipinski definition) is 3. The van der Waals surface area contributed by atoms with Crippen molar-refractivity contribution in [3.05, 3.63) is 108 Å². The summed E-state index contributed by atoms with van der Waals surface area (Å²) in [7, 11) is 4.87. The van der Waals surface area contributed by atoms with E-state index < -0.39 is 0 Å². The molecule has 3 nitrogen and oxygen atoms in total. The molecule has 1 fully saturated rings. The molecule has 150 valence electrons. The van der Waals surface area contributed by atoms with Crippen molar-refractivity contribution in [3.63, 3.8) is 0 Å². The van der Waals surface area contributed by atoms with Crippen molar-refractivity contribution in [3.8, 4) is 0 Å². The van der Waals surface area contributed by atoms with Crippen LogP contribution in [0.4, 0.5) is 0 Å². The standard InChI is InChI=1S/C25H29N2OP/c1-26-17-23-18-27(19-24(29)28-23)25(20-11-5-2-6-12-20,21-13-7-3-8-14-21)22-15-9-4-10-16-22/h2-16,23-24,26H,17-19,29H2,1H3. The van der Waals surface area contributed by atoms with Crippen LogP contribution < -0.4 is 5.32 Å². The van der Waals surface area contributed by atoms with E-state index in [2.05, 4.69) is 110 Å². The average Bonchev–Trinajstić information content (AvgIpc) is 2.77. The molecule has 1 aliphatic rings. The molecule has 0 bridgehead atoms. The zero-order chi connectivity index (χ0) is 20.1. The molecule has 0 aromatic heterocycles. The van der Waals surface area contributed by atoms with E-state index in [9.17, 15) is 0 Å². The van der Waals surface area contributed by atoms with Gasteiger partial charge >= 0.3 is 0 Å². The molecular formula is C25H29N2OP. The summed E-state index contributed by atoms with van der Waals surface area (Å²) in [6, 6.07) is 32.6. The van der Waals surface area contributed by atoms with Gasteiger partial charge in [0.05, 0.1) is 17.5 Å². The summed E-state index contributed by atoms with van der Waals surface area (Å²) in [6.45, 7) is 2.52. The van der Waals surface area contributed by atoms with Gasteiger partial charge in [0.25, 0.3) is 0 Å². The highest BCUT2D eigenvalue weighted by Gasteiger charge is 2.45. The quantitative estimate of drug-likeness (QED) is 0.495. The number of benzene rings is 3. The molecule has 0 aliphatic carbocycles. The second kappa shape index (κ2) is 9.19. The van der Waals surface area contributed by atoms with E-state index in [4.69, 9.17) is 4.74 Å². The van der Waals surface area contributed by atoms with Crippen molar-refractivity contribution in [1.29, 1.82) is 0 Å². The summed E-state index contributed by atoms with van der Waals surface area (Å²) in [5.41, 5.74) is 3.45. The van der Waals surface area contributed by atoms with Gasteiger partial charge in [-0.2, -0.15) is 0 Å². The Bertz CT molecular complexity index is 792. The summed E-state index contributed by atoms with van der Waals surface area (Å²) in [5.74, 6) is 0.0811. The van der Waals surface area contributed by atoms with Crippen molar-refractivity contribution in [2.45, 2.75) is 17.5 Å². The Balaban J connectivity index is 1.95. The van der Waals surface area contributed by atoms with E-state index in [-0.39, 0.29) is 17.5 Å². The van der Waals surface area contributed by atoms with Gasteiger partial charge < -0.3 is 10.1 Å². The molecule has 3 aromatic carbocycles. The minimum absolute atomic E-state index is 0.0811. The maximum absolute atomic E-state index is 6.22. The first kappa shape index (κ1) is 20.3. The largest absolute Gasteiger partial charge is 0.367 e. The van der Waals surface area contributed by atoms with Crippen LogP contribution in [0.1, 0.15) is 16.7 Å².